The average Bonchev–Trinajstić information content (AvgIpc) is 2.71. The van der Waals surface area contributed by atoms with E-state index in [1.54, 1.807) is 18.2 Å². The summed E-state index contributed by atoms with van der Waals surface area (Å²) >= 11 is 0. The van der Waals surface area contributed by atoms with Gasteiger partial charge in [0.25, 0.3) is 11.5 Å². The SMILES string of the molecule is Cc1ccc(NCC(=O)NNC(=O)CCn2cnc3ccccc3c2=O)c(C)c1. The molecule has 0 saturated carbocycles. The molecule has 0 spiro atoms. The fourth-order valence-corrected chi connectivity index (χ4v) is 2.92. The number of aryl methyl sites for hydroxylation is 3. The number of hydrogen-bond donors (Lipinski definition) is 3. The van der Waals surface area contributed by atoms with Crippen LogP contribution in [0.15, 0.2) is 53.6 Å². The second kappa shape index (κ2) is 9.01. The zero-order chi connectivity index (χ0) is 20.8. The zero-order valence-electron chi connectivity index (χ0n) is 16.4. The first-order chi connectivity index (χ1) is 13.9. The third-order valence-electron chi connectivity index (χ3n) is 4.47. The van der Waals surface area contributed by atoms with Crippen LogP contribution in [0.2, 0.25) is 0 Å². The molecule has 29 heavy (non-hydrogen) atoms. The predicted octanol–water partition coefficient (Wildman–Crippen LogP) is 1.66. The first-order valence-electron chi connectivity index (χ1n) is 9.27. The molecule has 0 radical (unpaired) electrons. The van der Waals surface area contributed by atoms with Crippen molar-refractivity contribution in [1.29, 1.82) is 0 Å². The summed E-state index contributed by atoms with van der Waals surface area (Å²) in [5.41, 5.74) is 8.17. The summed E-state index contributed by atoms with van der Waals surface area (Å²) in [5, 5.41) is 3.53. The van der Waals surface area contributed by atoms with Gasteiger partial charge in [0.1, 0.15) is 0 Å². The number of carbonyl (C=O) groups excluding carboxylic acids is 2. The first-order valence-corrected chi connectivity index (χ1v) is 9.27. The molecular weight excluding hydrogens is 370 g/mol. The minimum atomic E-state index is -0.398. The maximum absolute atomic E-state index is 12.4. The Balaban J connectivity index is 1.45. The number of carbonyl (C=O) groups is 2. The number of benzene rings is 2. The summed E-state index contributed by atoms with van der Waals surface area (Å²) in [6.45, 7) is 4.15. The van der Waals surface area contributed by atoms with Crippen molar-refractivity contribution in [3.05, 3.63) is 70.3 Å². The van der Waals surface area contributed by atoms with Crippen molar-refractivity contribution in [1.82, 2.24) is 20.4 Å². The van der Waals surface area contributed by atoms with E-state index in [4.69, 9.17) is 0 Å². The van der Waals surface area contributed by atoms with E-state index in [1.165, 1.54) is 10.9 Å². The third kappa shape index (κ3) is 5.19. The minimum absolute atomic E-state index is 0.0260. The van der Waals surface area contributed by atoms with Crippen molar-refractivity contribution in [2.24, 2.45) is 0 Å². The second-order valence-corrected chi connectivity index (χ2v) is 6.78. The van der Waals surface area contributed by atoms with Crippen molar-refractivity contribution < 1.29 is 9.59 Å². The van der Waals surface area contributed by atoms with E-state index in [2.05, 4.69) is 21.2 Å². The highest BCUT2D eigenvalue weighted by atomic mass is 16.2. The second-order valence-electron chi connectivity index (χ2n) is 6.78. The molecule has 2 amide bonds. The van der Waals surface area contributed by atoms with E-state index in [0.29, 0.717) is 10.9 Å². The Morgan fingerprint density at radius 3 is 2.59 bits per heavy atom. The maximum Gasteiger partial charge on any atom is 0.261 e. The van der Waals surface area contributed by atoms with Gasteiger partial charge in [-0.3, -0.25) is 29.8 Å². The molecule has 8 nitrogen and oxygen atoms in total. The number of hydrogen-bond acceptors (Lipinski definition) is 5. The van der Waals surface area contributed by atoms with Crippen LogP contribution in [-0.4, -0.2) is 27.9 Å². The van der Waals surface area contributed by atoms with Gasteiger partial charge in [0.2, 0.25) is 5.91 Å². The number of nitrogens with one attached hydrogen (secondary N) is 3. The van der Waals surface area contributed by atoms with Crippen LogP contribution in [0.25, 0.3) is 10.9 Å². The van der Waals surface area contributed by atoms with Crippen LogP contribution in [0.5, 0.6) is 0 Å². The molecular formula is C21H23N5O3. The number of nitrogens with zero attached hydrogens (tertiary/aromatic N) is 2. The van der Waals surface area contributed by atoms with Crippen molar-refractivity contribution in [2.75, 3.05) is 11.9 Å². The molecule has 3 N–H and O–H groups in total. The normalized spacial score (nSPS) is 10.6. The van der Waals surface area contributed by atoms with Gasteiger partial charge in [-0.05, 0) is 37.6 Å². The van der Waals surface area contributed by atoms with Gasteiger partial charge in [-0.25, -0.2) is 4.98 Å². The minimum Gasteiger partial charge on any atom is -0.376 e. The summed E-state index contributed by atoms with van der Waals surface area (Å²) < 4.78 is 1.38. The van der Waals surface area contributed by atoms with Crippen LogP contribution in [0.3, 0.4) is 0 Å². The Labute approximate surface area is 167 Å². The number of fused-ring (bicyclic) bond motifs is 1. The molecule has 3 rings (SSSR count). The van der Waals surface area contributed by atoms with Gasteiger partial charge < -0.3 is 5.32 Å². The summed E-state index contributed by atoms with van der Waals surface area (Å²) in [7, 11) is 0. The van der Waals surface area contributed by atoms with E-state index in [-0.39, 0.29) is 31.0 Å². The molecule has 0 aliphatic carbocycles. The molecule has 2 aromatic carbocycles. The molecule has 0 saturated heterocycles. The fraction of sp³-hybridized carbons (Fsp3) is 0.238. The van der Waals surface area contributed by atoms with Gasteiger partial charge in [-0.2, -0.15) is 0 Å². The van der Waals surface area contributed by atoms with Crippen LogP contribution in [0.1, 0.15) is 17.5 Å². The summed E-state index contributed by atoms with van der Waals surface area (Å²) in [4.78, 5) is 40.5. The molecule has 0 fully saturated rings. The molecule has 8 heteroatoms. The van der Waals surface area contributed by atoms with Crippen molar-refractivity contribution in [2.45, 2.75) is 26.8 Å². The molecule has 3 aromatic rings. The molecule has 0 aliphatic rings. The summed E-state index contributed by atoms with van der Waals surface area (Å²) in [6.07, 6.45) is 1.45. The molecule has 1 heterocycles. The Bertz CT molecular complexity index is 1110. The van der Waals surface area contributed by atoms with Crippen LogP contribution in [0, 0.1) is 13.8 Å². The number of anilines is 1. The van der Waals surface area contributed by atoms with E-state index >= 15 is 0 Å². The van der Waals surface area contributed by atoms with E-state index < -0.39 is 5.91 Å². The quantitative estimate of drug-likeness (QED) is 0.553. The first kappa shape index (κ1) is 20.1. The summed E-state index contributed by atoms with van der Waals surface area (Å²) in [6, 6.07) is 12.9. The average molecular weight is 393 g/mol. The number of hydrazine groups is 1. The standard InChI is InChI=1S/C21H23N5O3/c1-14-7-8-17(15(2)11-14)22-12-20(28)25-24-19(27)9-10-26-13-23-18-6-4-3-5-16(18)21(26)29/h3-8,11,13,22H,9-10,12H2,1-2H3,(H,24,27)(H,25,28). The molecule has 0 unspecified atom stereocenters. The Kier molecular flexibility index (Phi) is 6.23. The Morgan fingerprint density at radius 1 is 1.03 bits per heavy atom. The zero-order valence-corrected chi connectivity index (χ0v) is 16.4. The number of amides is 2. The highest BCUT2D eigenvalue weighted by molar-refractivity contribution is 5.84. The largest absolute Gasteiger partial charge is 0.376 e. The number of para-hydroxylation sites is 1. The molecule has 0 aliphatic heterocycles. The lowest BCUT2D eigenvalue weighted by molar-refractivity contribution is -0.128. The topological polar surface area (TPSA) is 105 Å². The third-order valence-corrected chi connectivity index (χ3v) is 4.47. The Morgan fingerprint density at radius 2 is 1.79 bits per heavy atom. The van der Waals surface area contributed by atoms with Gasteiger partial charge in [-0.1, -0.05) is 29.8 Å². The smallest absolute Gasteiger partial charge is 0.261 e. The Hall–Kier alpha value is -3.68. The highest BCUT2D eigenvalue weighted by Gasteiger charge is 2.08. The van der Waals surface area contributed by atoms with Crippen molar-refractivity contribution >= 4 is 28.4 Å². The maximum atomic E-state index is 12.4. The van der Waals surface area contributed by atoms with Gasteiger partial charge in [-0.15, -0.1) is 0 Å². The number of aromatic nitrogens is 2. The predicted molar refractivity (Wildman–Crippen MR) is 111 cm³/mol. The van der Waals surface area contributed by atoms with Crippen LogP contribution < -0.4 is 21.7 Å². The highest BCUT2D eigenvalue weighted by Crippen LogP contribution is 2.15. The molecule has 1 aromatic heterocycles. The fourth-order valence-electron chi connectivity index (χ4n) is 2.92. The lowest BCUT2D eigenvalue weighted by Crippen LogP contribution is -2.44. The van der Waals surface area contributed by atoms with E-state index in [0.717, 1.165) is 16.8 Å². The van der Waals surface area contributed by atoms with Crippen molar-refractivity contribution in [3.63, 3.8) is 0 Å². The van der Waals surface area contributed by atoms with E-state index in [1.807, 2.05) is 38.1 Å². The van der Waals surface area contributed by atoms with Gasteiger partial charge in [0.05, 0.1) is 23.8 Å². The molecule has 150 valence electrons. The van der Waals surface area contributed by atoms with Gasteiger partial charge >= 0.3 is 0 Å². The molecule has 0 atom stereocenters. The number of rotatable bonds is 6. The van der Waals surface area contributed by atoms with E-state index in [9.17, 15) is 14.4 Å². The monoisotopic (exact) mass is 393 g/mol. The van der Waals surface area contributed by atoms with Crippen LogP contribution >= 0.6 is 0 Å². The molecule has 0 bridgehead atoms. The lowest BCUT2D eigenvalue weighted by atomic mass is 10.1. The van der Waals surface area contributed by atoms with Gasteiger partial charge in [0.15, 0.2) is 0 Å². The van der Waals surface area contributed by atoms with Crippen LogP contribution in [-0.2, 0) is 16.1 Å². The summed E-state index contributed by atoms with van der Waals surface area (Å²) in [5.74, 6) is -0.771. The van der Waals surface area contributed by atoms with Gasteiger partial charge in [0, 0.05) is 18.7 Å². The van der Waals surface area contributed by atoms with Crippen LogP contribution in [0.4, 0.5) is 5.69 Å². The lowest BCUT2D eigenvalue weighted by Gasteiger charge is -2.11. The van der Waals surface area contributed by atoms with Crippen molar-refractivity contribution in [3.8, 4) is 0 Å².